The molecule has 0 atom stereocenters. The van der Waals surface area contributed by atoms with Gasteiger partial charge in [-0.05, 0) is 36.4 Å². The van der Waals surface area contributed by atoms with E-state index in [1.54, 1.807) is 17.1 Å². The summed E-state index contributed by atoms with van der Waals surface area (Å²) in [7, 11) is 0. The zero-order valence-corrected chi connectivity index (χ0v) is 17.2. The highest BCUT2D eigenvalue weighted by molar-refractivity contribution is 9.10. The van der Waals surface area contributed by atoms with E-state index < -0.39 is 11.6 Å². The Labute approximate surface area is 177 Å². The molecule has 29 heavy (non-hydrogen) atoms. The quantitative estimate of drug-likeness (QED) is 0.349. The predicted molar refractivity (Wildman–Crippen MR) is 114 cm³/mol. The molecule has 2 aromatic carbocycles. The molecule has 0 spiro atoms. The Kier molecular flexibility index (Phi) is 5.73. The third-order valence-electron chi connectivity index (χ3n) is 3.92. The van der Waals surface area contributed by atoms with Crippen molar-refractivity contribution >= 4 is 39.2 Å². The molecular weight excluding hydrogens is 458 g/mol. The third-order valence-corrected chi connectivity index (χ3v) is 5.23. The van der Waals surface area contributed by atoms with Crippen molar-refractivity contribution in [1.29, 1.82) is 0 Å². The first kappa shape index (κ1) is 19.4. The minimum Gasteiger partial charge on any atom is -0.255 e. The second-order valence-electron chi connectivity index (χ2n) is 5.93. The van der Waals surface area contributed by atoms with Gasteiger partial charge in [-0.3, -0.25) is 4.98 Å². The fourth-order valence-corrected chi connectivity index (χ4v) is 3.83. The van der Waals surface area contributed by atoms with Crippen LogP contribution in [0.4, 0.5) is 14.5 Å². The Morgan fingerprint density at radius 3 is 2.69 bits per heavy atom. The van der Waals surface area contributed by atoms with Crippen molar-refractivity contribution in [3.63, 3.8) is 0 Å². The van der Waals surface area contributed by atoms with Gasteiger partial charge in [0.15, 0.2) is 5.82 Å². The lowest BCUT2D eigenvalue weighted by atomic mass is 10.2. The van der Waals surface area contributed by atoms with Crippen molar-refractivity contribution in [2.45, 2.75) is 0 Å². The van der Waals surface area contributed by atoms with Crippen molar-refractivity contribution in [1.82, 2.24) is 9.66 Å². The summed E-state index contributed by atoms with van der Waals surface area (Å²) in [6.07, 6.45) is 3.28. The molecular formula is C21H13BrF2N4S. The van der Waals surface area contributed by atoms with E-state index in [0.717, 1.165) is 21.8 Å². The number of hydrogen-bond acceptors (Lipinski definition) is 4. The molecule has 0 saturated carbocycles. The first-order valence-electron chi connectivity index (χ1n) is 8.52. The van der Waals surface area contributed by atoms with Crippen LogP contribution in [-0.2, 0) is 0 Å². The summed E-state index contributed by atoms with van der Waals surface area (Å²) < 4.78 is 29.9. The van der Waals surface area contributed by atoms with Gasteiger partial charge in [0.05, 0.1) is 17.6 Å². The van der Waals surface area contributed by atoms with Gasteiger partial charge in [0.25, 0.3) is 0 Å². The molecule has 4 rings (SSSR count). The summed E-state index contributed by atoms with van der Waals surface area (Å²) in [6, 6.07) is 16.5. The van der Waals surface area contributed by atoms with E-state index in [0.29, 0.717) is 10.5 Å². The van der Waals surface area contributed by atoms with Crippen LogP contribution < -0.4 is 4.80 Å². The van der Waals surface area contributed by atoms with Crippen molar-refractivity contribution in [2.24, 2.45) is 10.1 Å². The van der Waals surface area contributed by atoms with E-state index in [1.807, 2.05) is 47.8 Å². The maximum absolute atomic E-state index is 14.1. The number of rotatable bonds is 4. The number of benzene rings is 2. The molecule has 2 heterocycles. The lowest BCUT2D eigenvalue weighted by Gasteiger charge is -2.04. The van der Waals surface area contributed by atoms with E-state index >= 15 is 0 Å². The van der Waals surface area contributed by atoms with Gasteiger partial charge in [-0.15, -0.1) is 11.3 Å². The molecule has 4 aromatic rings. The molecule has 144 valence electrons. The molecule has 0 N–H and O–H groups in total. The molecule has 0 aliphatic rings. The third kappa shape index (κ3) is 4.55. The lowest BCUT2D eigenvalue weighted by molar-refractivity contribution is 0.584. The summed E-state index contributed by atoms with van der Waals surface area (Å²) in [4.78, 5) is 9.03. The summed E-state index contributed by atoms with van der Waals surface area (Å²) in [6.45, 7) is 0. The number of halogens is 3. The number of aromatic nitrogens is 2. The van der Waals surface area contributed by atoms with Crippen molar-refractivity contribution in [3.05, 3.63) is 98.8 Å². The Morgan fingerprint density at radius 2 is 1.93 bits per heavy atom. The highest BCUT2D eigenvalue weighted by atomic mass is 79.9. The van der Waals surface area contributed by atoms with Crippen molar-refractivity contribution < 1.29 is 8.78 Å². The zero-order chi connectivity index (χ0) is 20.2. The molecule has 0 fully saturated rings. The van der Waals surface area contributed by atoms with E-state index in [1.165, 1.54) is 23.5 Å². The molecule has 2 aromatic heterocycles. The number of thiazole rings is 1. The fourth-order valence-electron chi connectivity index (χ4n) is 2.58. The Hall–Kier alpha value is -2.97. The van der Waals surface area contributed by atoms with Crippen LogP contribution in [0.15, 0.2) is 86.8 Å². The van der Waals surface area contributed by atoms with Crippen molar-refractivity contribution in [3.8, 4) is 11.3 Å². The van der Waals surface area contributed by atoms with Crippen molar-refractivity contribution in [2.75, 3.05) is 0 Å². The second kappa shape index (κ2) is 8.59. The van der Waals surface area contributed by atoms with Crippen LogP contribution in [-0.4, -0.2) is 15.9 Å². The van der Waals surface area contributed by atoms with Crippen LogP contribution in [0, 0.1) is 11.6 Å². The Bertz CT molecular complexity index is 1250. The monoisotopic (exact) mass is 470 g/mol. The molecule has 4 nitrogen and oxygen atoms in total. The van der Waals surface area contributed by atoms with Gasteiger partial charge in [0, 0.05) is 27.7 Å². The van der Waals surface area contributed by atoms with E-state index in [9.17, 15) is 8.78 Å². The van der Waals surface area contributed by atoms with E-state index in [4.69, 9.17) is 0 Å². The molecule has 0 saturated heterocycles. The summed E-state index contributed by atoms with van der Waals surface area (Å²) >= 11 is 4.78. The first-order valence-corrected chi connectivity index (χ1v) is 10.2. The van der Waals surface area contributed by atoms with Gasteiger partial charge in [-0.25, -0.2) is 18.4 Å². The highest BCUT2D eigenvalue weighted by Crippen LogP contribution is 2.24. The van der Waals surface area contributed by atoms with Gasteiger partial charge in [-0.1, -0.05) is 34.1 Å². The van der Waals surface area contributed by atoms with Gasteiger partial charge >= 0.3 is 0 Å². The maximum atomic E-state index is 14.1. The average molecular weight is 471 g/mol. The maximum Gasteiger partial charge on any atom is 0.211 e. The second-order valence-corrected chi connectivity index (χ2v) is 7.68. The summed E-state index contributed by atoms with van der Waals surface area (Å²) in [5.74, 6) is -1.38. The van der Waals surface area contributed by atoms with Gasteiger partial charge in [-0.2, -0.15) is 5.10 Å². The topological polar surface area (TPSA) is 42.5 Å². The van der Waals surface area contributed by atoms with E-state index in [2.05, 4.69) is 31.0 Å². The minimum absolute atomic E-state index is 0.0378. The normalized spacial score (nSPS) is 12.0. The fraction of sp³-hybridized carbons (Fsp3) is 0. The zero-order valence-electron chi connectivity index (χ0n) is 14.8. The van der Waals surface area contributed by atoms with Crippen LogP contribution in [0.25, 0.3) is 11.3 Å². The minimum atomic E-state index is -0.734. The van der Waals surface area contributed by atoms with Gasteiger partial charge in [0.2, 0.25) is 4.80 Å². The van der Waals surface area contributed by atoms with Crippen LogP contribution in [0.2, 0.25) is 0 Å². The van der Waals surface area contributed by atoms with Gasteiger partial charge < -0.3 is 0 Å². The standard InChI is InChI=1S/C21H13BrF2N4S/c22-15-5-3-4-14(10-15)20-13-29-21(27-19-8-7-16(23)11-18(19)24)28(20)26-12-17-6-1-2-9-25-17/h1-13H. The predicted octanol–water partition coefficient (Wildman–Crippen LogP) is 5.77. The molecule has 0 radical (unpaired) electrons. The Morgan fingerprint density at radius 1 is 1.03 bits per heavy atom. The molecule has 0 aliphatic heterocycles. The number of hydrogen-bond donors (Lipinski definition) is 0. The van der Waals surface area contributed by atoms with E-state index in [-0.39, 0.29) is 5.69 Å². The molecule has 0 amide bonds. The summed E-state index contributed by atoms with van der Waals surface area (Å²) in [5.41, 5.74) is 2.40. The first-order chi connectivity index (χ1) is 14.1. The van der Waals surface area contributed by atoms with Crippen LogP contribution in [0.5, 0.6) is 0 Å². The summed E-state index contributed by atoms with van der Waals surface area (Å²) in [5, 5.41) is 6.41. The largest absolute Gasteiger partial charge is 0.255 e. The number of nitrogens with zero attached hydrogens (tertiary/aromatic N) is 4. The highest BCUT2D eigenvalue weighted by Gasteiger charge is 2.10. The SMILES string of the molecule is Fc1ccc(N=c2scc(-c3cccc(Br)c3)n2N=Cc2ccccn2)c(F)c1. The Balaban J connectivity index is 1.87. The van der Waals surface area contributed by atoms with Gasteiger partial charge in [0.1, 0.15) is 11.5 Å². The average Bonchev–Trinajstić information content (AvgIpc) is 3.12. The smallest absolute Gasteiger partial charge is 0.211 e. The molecule has 0 aliphatic carbocycles. The molecule has 0 bridgehead atoms. The van der Waals surface area contributed by atoms with Crippen LogP contribution >= 0.6 is 27.3 Å². The van der Waals surface area contributed by atoms with Crippen LogP contribution in [0.1, 0.15) is 5.69 Å². The number of pyridine rings is 1. The lowest BCUT2D eigenvalue weighted by Crippen LogP contribution is -2.12. The van der Waals surface area contributed by atoms with Crippen LogP contribution in [0.3, 0.4) is 0 Å². The molecule has 8 heteroatoms. The molecule has 0 unspecified atom stereocenters.